The van der Waals surface area contributed by atoms with Crippen LogP contribution in [0.1, 0.15) is 93.1 Å². The molecule has 1 heterocycles. The van der Waals surface area contributed by atoms with Crippen LogP contribution in [0.25, 0.3) is 0 Å². The van der Waals surface area contributed by atoms with Crippen molar-refractivity contribution in [2.75, 3.05) is 6.61 Å². The normalized spacial score (nSPS) is 27.8. The molecular weight excluding hydrogens is 803 g/mol. The highest BCUT2D eigenvalue weighted by Crippen LogP contribution is 2.58. The first-order valence-corrected chi connectivity index (χ1v) is 20.4. The number of benzene rings is 3. The van der Waals surface area contributed by atoms with Gasteiger partial charge in [0.25, 0.3) is 5.91 Å². The number of amides is 1. The third kappa shape index (κ3) is 8.77. The van der Waals surface area contributed by atoms with Gasteiger partial charge in [0.1, 0.15) is 24.4 Å². The first-order chi connectivity index (χ1) is 29.3. The second-order valence-corrected chi connectivity index (χ2v) is 16.7. The molecule has 2 bridgehead atoms. The molecule has 9 atom stereocenters. The maximum Gasteiger partial charge on any atom is 0.338 e. The third-order valence-electron chi connectivity index (χ3n) is 12.5. The van der Waals surface area contributed by atoms with Gasteiger partial charge in [-0.15, -0.1) is 0 Å². The number of Topliss-reactive ketones (excluding diaryl/α,β-unsaturated/α-hetero) is 1. The molecule has 0 aromatic heterocycles. The van der Waals surface area contributed by atoms with Crippen LogP contribution in [-0.2, 0) is 47.7 Å². The Hall–Kier alpha value is -6.19. The lowest BCUT2D eigenvalue weighted by Crippen LogP contribution is -2.71. The minimum Gasteiger partial charge on any atom is -0.461 e. The number of hydrogen-bond donors (Lipinski definition) is 3. The van der Waals surface area contributed by atoms with E-state index in [1.54, 1.807) is 92.7 Å². The molecule has 0 unspecified atom stereocenters. The van der Waals surface area contributed by atoms with E-state index < -0.39 is 113 Å². The topological polar surface area (TPSA) is 218 Å². The molecule has 328 valence electrons. The summed E-state index contributed by atoms with van der Waals surface area (Å²) in [5, 5.41) is 28.1. The van der Waals surface area contributed by atoms with E-state index in [0.717, 1.165) is 13.8 Å². The van der Waals surface area contributed by atoms with Crippen LogP contribution in [0, 0.1) is 17.3 Å². The highest BCUT2D eigenvalue weighted by molar-refractivity contribution is 5.95. The van der Waals surface area contributed by atoms with Crippen LogP contribution in [0.5, 0.6) is 0 Å². The molecule has 2 aliphatic carbocycles. The molecule has 6 rings (SSSR count). The second-order valence-electron chi connectivity index (χ2n) is 16.7. The number of hydrogen-bond acceptors (Lipinski definition) is 14. The lowest BCUT2D eigenvalue weighted by molar-refractivity contribution is -0.243. The summed E-state index contributed by atoms with van der Waals surface area (Å²) in [6, 6.07) is 22.9. The Morgan fingerprint density at radius 1 is 0.823 bits per heavy atom. The van der Waals surface area contributed by atoms with Crippen molar-refractivity contribution in [1.82, 2.24) is 5.32 Å². The van der Waals surface area contributed by atoms with Gasteiger partial charge < -0.3 is 39.2 Å². The van der Waals surface area contributed by atoms with Crippen LogP contribution >= 0.6 is 0 Å². The van der Waals surface area contributed by atoms with Gasteiger partial charge in [0.2, 0.25) is 0 Å². The van der Waals surface area contributed by atoms with Gasteiger partial charge in [-0.1, -0.05) is 87.5 Å². The van der Waals surface area contributed by atoms with Gasteiger partial charge >= 0.3 is 29.8 Å². The van der Waals surface area contributed by atoms with E-state index in [4.69, 9.17) is 23.7 Å². The lowest BCUT2D eigenvalue weighted by atomic mass is 9.51. The highest BCUT2D eigenvalue weighted by atomic mass is 16.6. The fraction of sp³-hybridized carbons (Fsp3) is 0.426. The zero-order valence-corrected chi connectivity index (χ0v) is 35.3. The van der Waals surface area contributed by atoms with Crippen molar-refractivity contribution in [3.63, 3.8) is 0 Å². The molecular formula is C47H51NO14. The van der Waals surface area contributed by atoms with Gasteiger partial charge in [-0.25, -0.2) is 9.59 Å². The summed E-state index contributed by atoms with van der Waals surface area (Å²) < 4.78 is 29.7. The molecule has 15 nitrogen and oxygen atoms in total. The summed E-state index contributed by atoms with van der Waals surface area (Å²) in [6.45, 7) is 7.75. The Morgan fingerprint density at radius 2 is 1.40 bits per heavy atom. The van der Waals surface area contributed by atoms with Gasteiger partial charge in [-0.2, -0.15) is 0 Å². The van der Waals surface area contributed by atoms with Crippen molar-refractivity contribution in [2.24, 2.45) is 17.3 Å². The van der Waals surface area contributed by atoms with E-state index in [2.05, 4.69) is 5.32 Å². The molecule has 1 aliphatic heterocycles. The van der Waals surface area contributed by atoms with E-state index in [9.17, 15) is 39.0 Å². The van der Waals surface area contributed by atoms with Crippen molar-refractivity contribution in [3.05, 3.63) is 119 Å². The fourth-order valence-corrected chi connectivity index (χ4v) is 9.31. The van der Waals surface area contributed by atoms with Crippen LogP contribution in [0.15, 0.2) is 102 Å². The zero-order chi connectivity index (χ0) is 45.1. The average Bonchev–Trinajstić information content (AvgIpc) is 3.24. The molecule has 3 aromatic carbocycles. The number of carbonyl (C=O) groups is 7. The van der Waals surface area contributed by atoms with Crippen LogP contribution in [0.3, 0.4) is 0 Å². The Bertz CT molecular complexity index is 2230. The van der Waals surface area contributed by atoms with E-state index in [1.807, 2.05) is 0 Å². The van der Waals surface area contributed by atoms with Crippen LogP contribution in [0.2, 0.25) is 0 Å². The molecule has 3 N–H and O–H groups in total. The Balaban J connectivity index is 1.51. The summed E-state index contributed by atoms with van der Waals surface area (Å²) in [5.74, 6) is -8.60. The number of cyclic esters (lactones) is 1. The number of carbonyl (C=O) groups excluding carboxylic acids is 7. The number of aliphatic hydroxyl groups excluding tert-OH is 1. The predicted octanol–water partition coefficient (Wildman–Crippen LogP) is 4.54. The minimum absolute atomic E-state index is 0.0402. The summed E-state index contributed by atoms with van der Waals surface area (Å²) in [5.41, 5.74) is -4.98. The molecule has 0 radical (unpaired) electrons. The lowest BCUT2D eigenvalue weighted by Gasteiger charge is -2.59. The van der Waals surface area contributed by atoms with Gasteiger partial charge in [-0.05, 0) is 47.9 Å². The predicted molar refractivity (Wildman–Crippen MR) is 219 cm³/mol. The number of nitrogens with one attached hydrogen (secondary N) is 1. The maximum absolute atomic E-state index is 15.1. The van der Waals surface area contributed by atoms with Crippen molar-refractivity contribution in [3.8, 4) is 0 Å². The summed E-state index contributed by atoms with van der Waals surface area (Å²) in [7, 11) is 0. The Morgan fingerprint density at radius 3 is 1.95 bits per heavy atom. The molecule has 1 saturated heterocycles. The summed E-state index contributed by atoms with van der Waals surface area (Å²) >= 11 is 0. The standard InChI is InChI=1S/C47H51NO14/c1-26-33(60-44(56)39(53)37(30-16-10-7-11-17-30)48-42(54)31-18-12-8-13-19-31)24-47(57)41(61-43(55)32-20-14-9-15-21-32)36(46(62-29(4)50)23-22-34(51)58-25-46)27(2)38(52)40(59-28(3)49)35(26)45(47,5)6/h7-21,27,33,36-37,39-41,53,57H,22-25H2,1-6H3,(H,48,54)/t27-,33-,36+,37-,39+,40+,41-,46+,47+/m0/s1. The highest BCUT2D eigenvalue weighted by Gasteiger charge is 2.69. The van der Waals surface area contributed by atoms with Crippen molar-refractivity contribution >= 4 is 41.5 Å². The number of ether oxygens (including phenoxy) is 5. The molecule has 3 aliphatic rings. The van der Waals surface area contributed by atoms with E-state index >= 15 is 4.79 Å². The van der Waals surface area contributed by atoms with Gasteiger partial charge in [0.15, 0.2) is 23.6 Å². The second kappa shape index (κ2) is 18.0. The van der Waals surface area contributed by atoms with Gasteiger partial charge in [0, 0.05) is 50.0 Å². The number of ketones is 1. The van der Waals surface area contributed by atoms with Gasteiger partial charge in [0.05, 0.1) is 17.5 Å². The molecule has 0 spiro atoms. The SMILES string of the molecule is CC(=O)O[C@H]1C(=O)[C@@H](C)[C@@H]([C@@]2(OC(C)=O)CCC(=O)OC2)[C@H](OC(=O)c2ccccc2)[C@]2(O)C[C@H](OC(=O)[C@H](O)[C@@H](NC(=O)c3ccccc3)c3ccccc3)C(C)=C1C2(C)C. The first kappa shape index (κ1) is 45.3. The quantitative estimate of drug-likeness (QED) is 0.137. The van der Waals surface area contributed by atoms with Gasteiger partial charge in [-0.3, -0.25) is 24.0 Å². The van der Waals surface area contributed by atoms with Crippen molar-refractivity contribution < 1.29 is 67.5 Å². The van der Waals surface area contributed by atoms with Crippen LogP contribution < -0.4 is 5.32 Å². The van der Waals surface area contributed by atoms with Crippen molar-refractivity contribution in [2.45, 2.75) is 102 Å². The monoisotopic (exact) mass is 853 g/mol. The summed E-state index contributed by atoms with van der Waals surface area (Å²) in [6.07, 6.45) is -8.03. The smallest absolute Gasteiger partial charge is 0.338 e. The molecule has 2 fully saturated rings. The fourth-order valence-electron chi connectivity index (χ4n) is 9.31. The number of fused-ring (bicyclic) bond motifs is 2. The largest absolute Gasteiger partial charge is 0.461 e. The number of esters is 5. The van der Waals surface area contributed by atoms with Crippen LogP contribution in [0.4, 0.5) is 0 Å². The number of rotatable bonds is 11. The minimum atomic E-state index is -2.37. The molecule has 1 saturated carbocycles. The first-order valence-electron chi connectivity index (χ1n) is 20.4. The molecule has 1 amide bonds. The van der Waals surface area contributed by atoms with Crippen LogP contribution in [-0.4, -0.2) is 94.0 Å². The molecule has 15 heteroatoms. The van der Waals surface area contributed by atoms with E-state index in [1.165, 1.54) is 26.0 Å². The Labute approximate surface area is 358 Å². The summed E-state index contributed by atoms with van der Waals surface area (Å²) in [4.78, 5) is 95.3. The molecule has 62 heavy (non-hydrogen) atoms. The van der Waals surface area contributed by atoms with Crippen molar-refractivity contribution in [1.29, 1.82) is 0 Å². The third-order valence-corrected chi connectivity index (χ3v) is 12.5. The molecule has 3 aromatic rings. The average molecular weight is 854 g/mol. The zero-order valence-electron chi connectivity index (χ0n) is 35.3. The van der Waals surface area contributed by atoms with E-state index in [-0.39, 0.29) is 35.1 Å². The van der Waals surface area contributed by atoms with E-state index in [0.29, 0.717) is 5.56 Å². The number of aliphatic hydroxyl groups is 2. The maximum atomic E-state index is 15.1. The Kier molecular flexibility index (Phi) is 13.2.